The molecule has 0 radical (unpaired) electrons. The van der Waals surface area contributed by atoms with E-state index >= 15 is 0 Å². The van der Waals surface area contributed by atoms with Crippen molar-refractivity contribution < 1.29 is 13.2 Å². The first-order valence-electron chi connectivity index (χ1n) is 5.93. The van der Waals surface area contributed by atoms with Crippen molar-refractivity contribution in [3.63, 3.8) is 0 Å². The molecule has 0 amide bonds. The summed E-state index contributed by atoms with van der Waals surface area (Å²) in [6, 6.07) is 0. The summed E-state index contributed by atoms with van der Waals surface area (Å²) in [5.41, 5.74) is 5.47. The second-order valence-corrected chi connectivity index (χ2v) is 6.92. The topological polar surface area (TPSA) is 75.9 Å². The maximum atomic E-state index is 12.0. The smallest absolute Gasteiger partial charge is 0.214 e. The lowest BCUT2D eigenvalue weighted by Crippen LogP contribution is -2.50. The lowest BCUT2D eigenvalue weighted by Gasteiger charge is -2.33. The van der Waals surface area contributed by atoms with Gasteiger partial charge in [-0.05, 0) is 6.42 Å². The van der Waals surface area contributed by atoms with E-state index in [2.05, 4.69) is 4.90 Å². The minimum atomic E-state index is -3.14. The minimum Gasteiger partial charge on any atom is -0.392 e. The fraction of sp³-hybridized carbons (Fsp3) is 0.900. The average Bonchev–Trinajstić information content (AvgIpc) is 2.29. The summed E-state index contributed by atoms with van der Waals surface area (Å²) >= 11 is 4.84. The Morgan fingerprint density at radius 3 is 2.44 bits per heavy atom. The maximum Gasteiger partial charge on any atom is 0.214 e. The second-order valence-electron chi connectivity index (χ2n) is 4.30. The van der Waals surface area contributed by atoms with Crippen molar-refractivity contribution >= 4 is 27.2 Å². The molecular formula is C10H21N3O3S2. The van der Waals surface area contributed by atoms with Crippen molar-refractivity contribution in [3.8, 4) is 0 Å². The number of sulfonamides is 1. The third-order valence-corrected chi connectivity index (χ3v) is 4.94. The van der Waals surface area contributed by atoms with Gasteiger partial charge >= 0.3 is 0 Å². The zero-order valence-electron chi connectivity index (χ0n) is 10.7. The van der Waals surface area contributed by atoms with E-state index in [0.717, 1.165) is 0 Å². The van der Waals surface area contributed by atoms with Crippen molar-refractivity contribution in [3.05, 3.63) is 0 Å². The molecule has 0 aliphatic carbocycles. The van der Waals surface area contributed by atoms with Crippen LogP contribution in [0.4, 0.5) is 0 Å². The standard InChI is InChI=1S/C10H21N3O3S2/c1-16-7-2-8-18(14,15)13-5-3-12(4-6-13)9-10(11)17/h2-9H2,1H3,(H2,11,17). The van der Waals surface area contributed by atoms with Crippen LogP contribution in [0.3, 0.4) is 0 Å². The van der Waals surface area contributed by atoms with Gasteiger partial charge in [-0.1, -0.05) is 12.2 Å². The van der Waals surface area contributed by atoms with Crippen LogP contribution < -0.4 is 5.73 Å². The largest absolute Gasteiger partial charge is 0.392 e. The Morgan fingerprint density at radius 1 is 1.33 bits per heavy atom. The molecule has 0 aromatic rings. The highest BCUT2D eigenvalue weighted by atomic mass is 32.2. The molecule has 6 nitrogen and oxygen atoms in total. The summed E-state index contributed by atoms with van der Waals surface area (Å²) in [6.45, 7) is 3.42. The highest BCUT2D eigenvalue weighted by Crippen LogP contribution is 2.09. The van der Waals surface area contributed by atoms with Crippen LogP contribution in [0.5, 0.6) is 0 Å². The quantitative estimate of drug-likeness (QED) is 0.492. The molecule has 0 aromatic carbocycles. The van der Waals surface area contributed by atoms with Crippen LogP contribution in [0.25, 0.3) is 0 Å². The fourth-order valence-corrected chi connectivity index (χ4v) is 3.54. The molecule has 1 saturated heterocycles. The zero-order valence-corrected chi connectivity index (χ0v) is 12.3. The molecule has 1 aliphatic rings. The molecule has 106 valence electrons. The predicted molar refractivity (Wildman–Crippen MR) is 75.1 cm³/mol. The molecule has 2 N–H and O–H groups in total. The van der Waals surface area contributed by atoms with Crippen LogP contribution >= 0.6 is 12.2 Å². The van der Waals surface area contributed by atoms with Crippen LogP contribution in [0.1, 0.15) is 6.42 Å². The third-order valence-electron chi connectivity index (χ3n) is 2.85. The Kier molecular flexibility index (Phi) is 6.44. The third kappa shape index (κ3) is 5.15. The van der Waals surface area contributed by atoms with Crippen LogP contribution in [0.15, 0.2) is 0 Å². The van der Waals surface area contributed by atoms with E-state index in [1.807, 2.05) is 0 Å². The minimum absolute atomic E-state index is 0.149. The van der Waals surface area contributed by atoms with E-state index in [1.165, 1.54) is 0 Å². The van der Waals surface area contributed by atoms with Gasteiger partial charge in [-0.2, -0.15) is 4.31 Å². The molecule has 0 spiro atoms. The molecule has 0 bridgehead atoms. The average molecular weight is 295 g/mol. The molecule has 8 heteroatoms. The lowest BCUT2D eigenvalue weighted by molar-refractivity contribution is 0.196. The molecule has 18 heavy (non-hydrogen) atoms. The lowest BCUT2D eigenvalue weighted by atomic mass is 10.3. The van der Waals surface area contributed by atoms with Gasteiger partial charge in [-0.15, -0.1) is 0 Å². The Balaban J connectivity index is 2.39. The summed E-state index contributed by atoms with van der Waals surface area (Å²) in [6.07, 6.45) is 0.534. The summed E-state index contributed by atoms with van der Waals surface area (Å²) in [5, 5.41) is 0. The van der Waals surface area contributed by atoms with Crippen molar-refractivity contribution in [2.45, 2.75) is 6.42 Å². The van der Waals surface area contributed by atoms with Gasteiger partial charge in [-0.3, -0.25) is 4.90 Å². The van der Waals surface area contributed by atoms with Gasteiger partial charge in [0.1, 0.15) is 0 Å². The second kappa shape index (κ2) is 7.34. The number of hydrogen-bond acceptors (Lipinski definition) is 5. The van der Waals surface area contributed by atoms with E-state index in [0.29, 0.717) is 50.7 Å². The SMILES string of the molecule is COCCCS(=O)(=O)N1CCN(CC(N)=S)CC1. The molecule has 0 saturated carbocycles. The van der Waals surface area contributed by atoms with Crippen LogP contribution in [0, 0.1) is 0 Å². The maximum absolute atomic E-state index is 12.0. The van der Waals surface area contributed by atoms with Crippen molar-refractivity contribution in [1.29, 1.82) is 0 Å². The molecule has 0 aromatic heterocycles. The number of ether oxygens (including phenoxy) is 1. The van der Waals surface area contributed by atoms with Crippen molar-refractivity contribution in [2.75, 3.05) is 52.2 Å². The number of thiocarbonyl (C=S) groups is 1. The van der Waals surface area contributed by atoms with Gasteiger partial charge in [0.25, 0.3) is 0 Å². The molecule has 1 heterocycles. The van der Waals surface area contributed by atoms with Gasteiger partial charge in [0.05, 0.1) is 10.7 Å². The Morgan fingerprint density at radius 2 is 1.94 bits per heavy atom. The molecule has 1 aliphatic heterocycles. The normalized spacial score (nSPS) is 18.9. The highest BCUT2D eigenvalue weighted by molar-refractivity contribution is 7.89. The van der Waals surface area contributed by atoms with Crippen molar-refractivity contribution in [2.24, 2.45) is 5.73 Å². The van der Waals surface area contributed by atoms with Crippen LogP contribution in [0.2, 0.25) is 0 Å². The summed E-state index contributed by atoms with van der Waals surface area (Å²) in [4.78, 5) is 2.52. The van der Waals surface area contributed by atoms with E-state index in [1.54, 1.807) is 11.4 Å². The van der Waals surface area contributed by atoms with Gasteiger partial charge in [0.15, 0.2) is 0 Å². The molecule has 1 rings (SSSR count). The van der Waals surface area contributed by atoms with Crippen LogP contribution in [-0.4, -0.2) is 74.8 Å². The predicted octanol–water partition coefficient (Wildman–Crippen LogP) is -0.744. The van der Waals surface area contributed by atoms with E-state index < -0.39 is 10.0 Å². The monoisotopic (exact) mass is 295 g/mol. The van der Waals surface area contributed by atoms with Gasteiger partial charge < -0.3 is 10.5 Å². The first kappa shape index (κ1) is 15.8. The highest BCUT2D eigenvalue weighted by Gasteiger charge is 2.26. The van der Waals surface area contributed by atoms with E-state index in [9.17, 15) is 8.42 Å². The van der Waals surface area contributed by atoms with Gasteiger partial charge in [0.2, 0.25) is 10.0 Å². The number of rotatable bonds is 7. The molecular weight excluding hydrogens is 274 g/mol. The molecule has 0 atom stereocenters. The zero-order chi connectivity index (χ0) is 13.6. The summed E-state index contributed by atoms with van der Waals surface area (Å²) in [7, 11) is -1.57. The first-order valence-corrected chi connectivity index (χ1v) is 7.95. The number of piperazine rings is 1. The van der Waals surface area contributed by atoms with Crippen LogP contribution in [-0.2, 0) is 14.8 Å². The van der Waals surface area contributed by atoms with E-state index in [4.69, 9.17) is 22.7 Å². The molecule has 0 unspecified atom stereocenters. The summed E-state index contributed by atoms with van der Waals surface area (Å²) < 4.78 is 30.4. The van der Waals surface area contributed by atoms with Gasteiger partial charge in [-0.25, -0.2) is 8.42 Å². The number of nitrogens with two attached hydrogens (primary N) is 1. The Hall–Kier alpha value is -0.280. The number of methoxy groups -OCH3 is 1. The number of hydrogen-bond donors (Lipinski definition) is 1. The fourth-order valence-electron chi connectivity index (χ4n) is 1.90. The van der Waals surface area contributed by atoms with Crippen molar-refractivity contribution in [1.82, 2.24) is 9.21 Å². The first-order chi connectivity index (χ1) is 8.45. The number of nitrogens with zero attached hydrogens (tertiary/aromatic N) is 2. The summed E-state index contributed by atoms with van der Waals surface area (Å²) in [5.74, 6) is 0.149. The van der Waals surface area contributed by atoms with E-state index in [-0.39, 0.29) is 5.75 Å². The Bertz CT molecular complexity index is 365. The Labute approximate surface area is 114 Å². The van der Waals surface area contributed by atoms with Gasteiger partial charge in [0, 0.05) is 46.4 Å². The molecule has 1 fully saturated rings.